The Balaban J connectivity index is 1.94. The van der Waals surface area contributed by atoms with Crippen LogP contribution in [0.1, 0.15) is 42.7 Å². The van der Waals surface area contributed by atoms with Crippen LogP contribution in [0, 0.1) is 11.8 Å². The molecule has 0 aliphatic heterocycles. The molecule has 0 bridgehead atoms. The lowest BCUT2D eigenvalue weighted by molar-refractivity contribution is -0.178. The first-order valence-corrected chi connectivity index (χ1v) is 11.4. The fourth-order valence-corrected chi connectivity index (χ4v) is 4.32. The van der Waals surface area contributed by atoms with Crippen LogP contribution < -0.4 is 5.32 Å². The summed E-state index contributed by atoms with van der Waals surface area (Å²) < 4.78 is 73.1. The zero-order valence-corrected chi connectivity index (χ0v) is 20.1. The van der Waals surface area contributed by atoms with Gasteiger partial charge in [-0.15, -0.1) is 0 Å². The molecular formula is C24H22Cl2F5NO3. The van der Waals surface area contributed by atoms with Crippen LogP contribution in [0.2, 0.25) is 10.0 Å². The van der Waals surface area contributed by atoms with E-state index in [1.807, 2.05) is 0 Å². The topological polar surface area (TPSA) is 55.4 Å². The molecule has 2 aromatic rings. The minimum absolute atomic E-state index is 0.00371. The molecule has 0 spiro atoms. The molecule has 4 atom stereocenters. The number of carbonyl (C=O) groups excluding carboxylic acids is 2. The number of nitrogens with one attached hydrogen (secondary N) is 1. The van der Waals surface area contributed by atoms with Crippen molar-refractivity contribution in [3.8, 4) is 0 Å². The number of anilines is 1. The maximum atomic E-state index is 13.8. The van der Waals surface area contributed by atoms with E-state index in [1.54, 1.807) is 0 Å². The van der Waals surface area contributed by atoms with Crippen molar-refractivity contribution in [2.45, 2.75) is 43.7 Å². The van der Waals surface area contributed by atoms with Gasteiger partial charge < -0.3 is 10.1 Å². The summed E-state index contributed by atoms with van der Waals surface area (Å²) in [6, 6.07) is 9.49. The molecule has 2 unspecified atom stereocenters. The van der Waals surface area contributed by atoms with E-state index in [9.17, 15) is 31.5 Å². The summed E-state index contributed by atoms with van der Waals surface area (Å²) in [5.41, 5.74) is 0.315. The van der Waals surface area contributed by atoms with Crippen LogP contribution in [-0.2, 0) is 14.3 Å². The molecular weight excluding hydrogens is 516 g/mol. The van der Waals surface area contributed by atoms with Gasteiger partial charge in [-0.1, -0.05) is 48.3 Å². The minimum atomic E-state index is -4.68. The number of halogens is 7. The Hall–Kier alpha value is -2.39. The van der Waals surface area contributed by atoms with Gasteiger partial charge in [-0.05, 0) is 35.4 Å². The van der Waals surface area contributed by atoms with Gasteiger partial charge in [-0.25, -0.2) is 8.78 Å². The molecule has 2 aromatic carbocycles. The molecule has 0 aromatic heterocycles. The predicted molar refractivity (Wildman–Crippen MR) is 122 cm³/mol. The number of hydrogen-bond donors (Lipinski definition) is 1. The second-order valence-electron chi connectivity index (χ2n) is 8.55. The van der Waals surface area contributed by atoms with Crippen molar-refractivity contribution >= 4 is 40.8 Å². The third-order valence-corrected chi connectivity index (χ3v) is 6.76. The van der Waals surface area contributed by atoms with E-state index < -0.39 is 54.1 Å². The largest absolute Gasteiger partial charge is 0.469 e. The van der Waals surface area contributed by atoms with E-state index in [-0.39, 0.29) is 33.3 Å². The quantitative estimate of drug-likeness (QED) is 0.285. The molecule has 1 fully saturated rings. The van der Waals surface area contributed by atoms with Crippen LogP contribution >= 0.6 is 23.2 Å². The van der Waals surface area contributed by atoms with Gasteiger partial charge in [-0.2, -0.15) is 13.2 Å². The van der Waals surface area contributed by atoms with Crippen LogP contribution in [0.4, 0.5) is 27.6 Å². The average Bonchev–Trinajstić information content (AvgIpc) is 3.41. The molecule has 1 aliphatic rings. The zero-order chi connectivity index (χ0) is 26.1. The molecule has 1 saturated carbocycles. The van der Waals surface area contributed by atoms with E-state index in [0.717, 1.165) is 14.0 Å². The van der Waals surface area contributed by atoms with Gasteiger partial charge >= 0.3 is 12.1 Å². The van der Waals surface area contributed by atoms with Crippen molar-refractivity contribution in [2.24, 2.45) is 11.8 Å². The third-order valence-electron chi connectivity index (χ3n) is 6.18. The fourth-order valence-electron chi connectivity index (χ4n) is 4.03. The second-order valence-corrected chi connectivity index (χ2v) is 9.39. The number of benzene rings is 2. The first-order valence-electron chi connectivity index (χ1n) is 10.6. The van der Waals surface area contributed by atoms with Gasteiger partial charge in [0, 0.05) is 23.3 Å². The van der Waals surface area contributed by atoms with Crippen LogP contribution in [0.5, 0.6) is 0 Å². The van der Waals surface area contributed by atoms with E-state index in [0.29, 0.717) is 0 Å². The molecule has 0 radical (unpaired) electrons. The third kappa shape index (κ3) is 6.44. The smallest absolute Gasteiger partial charge is 0.392 e. The normalized spacial score (nSPS) is 19.4. The number of rotatable bonds is 8. The predicted octanol–water partition coefficient (Wildman–Crippen LogP) is 7.22. The maximum Gasteiger partial charge on any atom is 0.392 e. The van der Waals surface area contributed by atoms with Gasteiger partial charge in [0.1, 0.15) is 0 Å². The van der Waals surface area contributed by atoms with Crippen LogP contribution in [-0.4, -0.2) is 31.1 Å². The molecule has 3 rings (SSSR count). The maximum absolute atomic E-state index is 13.8. The van der Waals surface area contributed by atoms with Gasteiger partial charge in [0.2, 0.25) is 5.91 Å². The number of amides is 1. The molecule has 1 amide bonds. The molecule has 1 N–H and O–H groups in total. The molecule has 11 heteroatoms. The standard InChI is InChI=1S/C24H22Cl2F5NO3/c1-12(24(29,30)31)21(13-3-6-15(25)7-4-13)22(34)32-19-9-14(5-8-18(19)26)16(10-20(33)35-2)17-11-23(17,27)28/h3-9,12,16-17,21H,10-11H2,1-2H3,(H,32,34)/t12-,16?,17?,21+/m1/s1. The first kappa shape index (κ1) is 27.2. The zero-order valence-electron chi connectivity index (χ0n) is 18.6. The van der Waals surface area contributed by atoms with E-state index >= 15 is 0 Å². The van der Waals surface area contributed by atoms with Gasteiger partial charge in [0.05, 0.1) is 36.1 Å². The Bertz CT molecular complexity index is 1090. The van der Waals surface area contributed by atoms with E-state index in [1.165, 1.54) is 42.5 Å². The number of esters is 1. The van der Waals surface area contributed by atoms with Gasteiger partial charge in [0.25, 0.3) is 5.92 Å². The van der Waals surface area contributed by atoms with Crippen molar-refractivity contribution in [1.29, 1.82) is 0 Å². The van der Waals surface area contributed by atoms with E-state index in [4.69, 9.17) is 23.2 Å². The monoisotopic (exact) mass is 537 g/mol. The highest BCUT2D eigenvalue weighted by Gasteiger charge is 2.60. The Morgan fingerprint density at radius 2 is 1.69 bits per heavy atom. The van der Waals surface area contributed by atoms with Crippen molar-refractivity contribution in [1.82, 2.24) is 0 Å². The summed E-state index contributed by atoms with van der Waals surface area (Å²) in [5.74, 6) is -10.4. The SMILES string of the molecule is COC(=O)CC(c1ccc(Cl)c(NC(=O)[C@H](c2ccc(Cl)cc2)[C@@H](C)C(F)(F)F)c1)C1CC1(F)F. The van der Waals surface area contributed by atoms with Gasteiger partial charge in [-0.3, -0.25) is 9.59 Å². The Kier molecular flexibility index (Phi) is 8.01. The first-order chi connectivity index (χ1) is 16.2. The second kappa shape index (κ2) is 10.3. The van der Waals surface area contributed by atoms with Crippen molar-refractivity contribution in [3.05, 3.63) is 63.6 Å². The summed E-state index contributed by atoms with van der Waals surface area (Å²) in [4.78, 5) is 24.9. The number of carbonyl (C=O) groups is 2. The number of ether oxygens (including phenoxy) is 1. The Labute approximate surface area is 208 Å². The number of alkyl halides is 5. The summed E-state index contributed by atoms with van der Waals surface area (Å²) in [7, 11) is 1.14. The van der Waals surface area contributed by atoms with Gasteiger partial charge in [0.15, 0.2) is 0 Å². The highest BCUT2D eigenvalue weighted by Crippen LogP contribution is 2.57. The molecule has 1 aliphatic carbocycles. The number of hydrogen-bond acceptors (Lipinski definition) is 3. The summed E-state index contributed by atoms with van der Waals surface area (Å²) >= 11 is 12.0. The average molecular weight is 538 g/mol. The van der Waals surface area contributed by atoms with E-state index in [2.05, 4.69) is 10.1 Å². The lowest BCUT2D eigenvalue weighted by Gasteiger charge is -2.26. The van der Waals surface area contributed by atoms with Crippen LogP contribution in [0.25, 0.3) is 0 Å². The highest BCUT2D eigenvalue weighted by atomic mass is 35.5. The Morgan fingerprint density at radius 1 is 1.11 bits per heavy atom. The fraction of sp³-hybridized carbons (Fsp3) is 0.417. The molecule has 0 saturated heterocycles. The minimum Gasteiger partial charge on any atom is -0.469 e. The van der Waals surface area contributed by atoms with Crippen molar-refractivity contribution < 1.29 is 36.3 Å². The molecule has 4 nitrogen and oxygen atoms in total. The van der Waals surface area contributed by atoms with Crippen molar-refractivity contribution in [2.75, 3.05) is 12.4 Å². The summed E-state index contributed by atoms with van der Waals surface area (Å²) in [6.45, 7) is 0.887. The Morgan fingerprint density at radius 3 is 2.20 bits per heavy atom. The molecule has 0 heterocycles. The highest BCUT2D eigenvalue weighted by molar-refractivity contribution is 6.33. The van der Waals surface area contributed by atoms with Crippen LogP contribution in [0.3, 0.4) is 0 Å². The molecule has 35 heavy (non-hydrogen) atoms. The summed E-state index contributed by atoms with van der Waals surface area (Å²) in [6.07, 6.45) is -5.43. The van der Waals surface area contributed by atoms with Crippen LogP contribution in [0.15, 0.2) is 42.5 Å². The molecule has 190 valence electrons. The lowest BCUT2D eigenvalue weighted by atomic mass is 9.85. The van der Waals surface area contributed by atoms with Crippen molar-refractivity contribution in [3.63, 3.8) is 0 Å². The lowest BCUT2D eigenvalue weighted by Crippen LogP contribution is -2.34. The number of methoxy groups -OCH3 is 1. The summed E-state index contributed by atoms with van der Waals surface area (Å²) in [5, 5.41) is 2.70.